The molecule has 104 valence electrons. The molecule has 0 saturated carbocycles. The Balaban J connectivity index is 2.47. The quantitative estimate of drug-likeness (QED) is 0.625. The van der Waals surface area contributed by atoms with Crippen LogP contribution in [0.5, 0.6) is 0 Å². The van der Waals surface area contributed by atoms with Gasteiger partial charge in [0, 0.05) is 5.75 Å². The Morgan fingerprint density at radius 2 is 2.00 bits per heavy atom. The lowest BCUT2D eigenvalue weighted by molar-refractivity contribution is -0.873. The Kier molecular flexibility index (Phi) is 4.62. The lowest BCUT2D eigenvalue weighted by Gasteiger charge is -2.26. The highest BCUT2D eigenvalue weighted by molar-refractivity contribution is 7.99. The van der Waals surface area contributed by atoms with Crippen LogP contribution in [-0.4, -0.2) is 64.3 Å². The number of nitrogens with zero attached hydrogens (tertiary/aromatic N) is 3. The van der Waals surface area contributed by atoms with Gasteiger partial charge in [-0.1, -0.05) is 11.8 Å². The van der Waals surface area contributed by atoms with E-state index in [0.29, 0.717) is 11.0 Å². The molecule has 0 fully saturated rings. The molecule has 1 aromatic heterocycles. The number of halogens is 3. The van der Waals surface area contributed by atoms with Crippen LogP contribution >= 0.6 is 11.8 Å². The molecule has 0 bridgehead atoms. The largest absolute Gasteiger partial charge is 0.451 e. The van der Waals surface area contributed by atoms with Crippen LogP contribution in [0.25, 0.3) is 0 Å². The van der Waals surface area contributed by atoms with Crippen LogP contribution in [0.4, 0.5) is 13.2 Å². The molecular formula is C9H16F3N4OS+. The van der Waals surface area contributed by atoms with Crippen molar-refractivity contribution in [1.82, 2.24) is 15.2 Å². The first kappa shape index (κ1) is 15.3. The van der Waals surface area contributed by atoms with E-state index in [1.54, 1.807) is 0 Å². The van der Waals surface area contributed by atoms with E-state index >= 15 is 0 Å². The molecule has 1 aromatic rings. The van der Waals surface area contributed by atoms with Gasteiger partial charge < -0.3 is 9.59 Å². The Labute approximate surface area is 107 Å². The molecule has 1 heterocycles. The summed E-state index contributed by atoms with van der Waals surface area (Å²) in [7, 11) is 5.76. The minimum absolute atomic E-state index is 0.0113. The molecule has 0 amide bonds. The Morgan fingerprint density at radius 3 is 2.44 bits per heavy atom. The van der Waals surface area contributed by atoms with Gasteiger partial charge >= 0.3 is 6.18 Å². The first-order chi connectivity index (χ1) is 8.08. The van der Waals surface area contributed by atoms with E-state index in [0.717, 1.165) is 11.8 Å². The zero-order valence-corrected chi connectivity index (χ0v) is 11.1. The monoisotopic (exact) mass is 285 g/mol. The maximum Gasteiger partial charge on any atom is 0.451 e. The number of aliphatic hydroxyl groups excluding tert-OH is 1. The fourth-order valence-corrected chi connectivity index (χ4v) is 2.01. The highest BCUT2D eigenvalue weighted by atomic mass is 32.2. The summed E-state index contributed by atoms with van der Waals surface area (Å²) >= 11 is 0.993. The van der Waals surface area contributed by atoms with Crippen molar-refractivity contribution in [1.29, 1.82) is 0 Å². The van der Waals surface area contributed by atoms with Gasteiger partial charge in [0.25, 0.3) is 0 Å². The maximum absolute atomic E-state index is 12.2. The van der Waals surface area contributed by atoms with Crippen LogP contribution < -0.4 is 0 Å². The van der Waals surface area contributed by atoms with Crippen molar-refractivity contribution in [3.05, 3.63) is 5.82 Å². The van der Waals surface area contributed by atoms with Crippen molar-refractivity contribution < 1.29 is 22.8 Å². The number of thioether (sulfide) groups is 1. The summed E-state index contributed by atoms with van der Waals surface area (Å²) in [6.45, 7) is 0.504. The molecule has 0 aromatic carbocycles. The van der Waals surface area contributed by atoms with Crippen molar-refractivity contribution in [2.45, 2.75) is 17.4 Å². The molecular weight excluding hydrogens is 269 g/mol. The van der Waals surface area contributed by atoms with Crippen molar-refractivity contribution in [3.8, 4) is 0 Å². The van der Waals surface area contributed by atoms with E-state index < -0.39 is 18.1 Å². The molecule has 0 radical (unpaired) electrons. The molecule has 1 atom stereocenters. The number of likely N-dealkylation sites (N-methyl/N-ethyl adjacent to an activating group) is 1. The minimum atomic E-state index is -4.52. The van der Waals surface area contributed by atoms with Gasteiger partial charge in [0.05, 0.1) is 21.1 Å². The minimum Gasteiger partial charge on any atom is -0.386 e. The number of hydrogen-bond donors (Lipinski definition) is 2. The van der Waals surface area contributed by atoms with Gasteiger partial charge in [0.2, 0.25) is 11.0 Å². The van der Waals surface area contributed by atoms with E-state index in [4.69, 9.17) is 0 Å². The zero-order chi connectivity index (χ0) is 14.0. The molecule has 1 unspecified atom stereocenters. The highest BCUT2D eigenvalue weighted by Crippen LogP contribution is 2.27. The van der Waals surface area contributed by atoms with Gasteiger partial charge in [-0.05, 0) is 0 Å². The van der Waals surface area contributed by atoms with Crippen LogP contribution in [0.1, 0.15) is 5.82 Å². The van der Waals surface area contributed by atoms with Crippen LogP contribution in [0, 0.1) is 0 Å². The van der Waals surface area contributed by atoms with Gasteiger partial charge in [-0.2, -0.15) is 18.2 Å². The Morgan fingerprint density at radius 1 is 1.39 bits per heavy atom. The lowest BCUT2D eigenvalue weighted by atomic mass is 10.3. The fourth-order valence-electron chi connectivity index (χ4n) is 1.29. The number of hydrogen-bond acceptors (Lipinski definition) is 4. The average Bonchev–Trinajstić information content (AvgIpc) is 2.59. The molecule has 0 saturated heterocycles. The van der Waals surface area contributed by atoms with E-state index in [1.807, 2.05) is 26.2 Å². The van der Waals surface area contributed by atoms with E-state index in [9.17, 15) is 18.3 Å². The van der Waals surface area contributed by atoms with Gasteiger partial charge in [-0.15, -0.1) is 5.10 Å². The SMILES string of the molecule is C[N+](C)(C)CC(O)CSc1n[nH]c(C(F)(F)F)n1. The normalized spacial score (nSPS) is 14.8. The number of aliphatic hydroxyl groups is 1. The van der Waals surface area contributed by atoms with E-state index in [-0.39, 0.29) is 10.9 Å². The standard InChI is InChI=1S/C9H16F3N4OS/c1-16(2,3)4-6(17)5-18-8-13-7(14-15-8)9(10,11)12/h6,17H,4-5H2,1-3H3,(H,13,14,15)/q+1. The maximum atomic E-state index is 12.2. The van der Waals surface area contributed by atoms with Crippen molar-refractivity contribution in [3.63, 3.8) is 0 Å². The molecule has 2 N–H and O–H groups in total. The first-order valence-corrected chi connectivity index (χ1v) is 6.17. The second kappa shape index (κ2) is 5.45. The summed E-state index contributed by atoms with van der Waals surface area (Å²) < 4.78 is 37.3. The smallest absolute Gasteiger partial charge is 0.386 e. The molecule has 0 aliphatic heterocycles. The van der Waals surface area contributed by atoms with Gasteiger partial charge in [0.15, 0.2) is 0 Å². The summed E-state index contributed by atoms with van der Waals surface area (Å²) in [4.78, 5) is 3.31. The van der Waals surface area contributed by atoms with Gasteiger partial charge in [0.1, 0.15) is 12.6 Å². The van der Waals surface area contributed by atoms with Crippen LogP contribution in [0.3, 0.4) is 0 Å². The number of quaternary nitrogens is 1. The summed E-state index contributed by atoms with van der Waals surface area (Å²) in [5.41, 5.74) is 0. The topological polar surface area (TPSA) is 61.8 Å². The second-order valence-electron chi connectivity index (χ2n) is 4.90. The molecule has 18 heavy (non-hydrogen) atoms. The van der Waals surface area contributed by atoms with Gasteiger partial charge in [-0.25, -0.2) is 0 Å². The molecule has 1 rings (SSSR count). The van der Waals surface area contributed by atoms with Crippen molar-refractivity contribution in [2.75, 3.05) is 33.4 Å². The number of rotatable bonds is 5. The number of aromatic nitrogens is 3. The molecule has 9 heteroatoms. The predicted molar refractivity (Wildman–Crippen MR) is 61.0 cm³/mol. The third-order valence-electron chi connectivity index (χ3n) is 1.90. The van der Waals surface area contributed by atoms with E-state index in [1.165, 1.54) is 0 Å². The number of H-pyrrole nitrogens is 1. The predicted octanol–water partition coefficient (Wildman–Crippen LogP) is 0.983. The lowest BCUT2D eigenvalue weighted by Crippen LogP contribution is -2.42. The molecule has 5 nitrogen and oxygen atoms in total. The fraction of sp³-hybridized carbons (Fsp3) is 0.778. The molecule has 0 spiro atoms. The second-order valence-corrected chi connectivity index (χ2v) is 5.89. The van der Waals surface area contributed by atoms with Crippen LogP contribution in [-0.2, 0) is 6.18 Å². The third-order valence-corrected chi connectivity index (χ3v) is 2.89. The summed E-state index contributed by atoms with van der Waals surface area (Å²) in [5, 5.41) is 14.9. The number of aromatic amines is 1. The number of alkyl halides is 3. The highest BCUT2D eigenvalue weighted by Gasteiger charge is 2.35. The number of nitrogens with one attached hydrogen (secondary N) is 1. The summed E-state index contributed by atoms with van der Waals surface area (Å²) in [6, 6.07) is 0. The summed E-state index contributed by atoms with van der Waals surface area (Å²) in [6.07, 6.45) is -5.14. The summed E-state index contributed by atoms with van der Waals surface area (Å²) in [5.74, 6) is -0.865. The Hall–Kier alpha value is -0.800. The molecule has 0 aliphatic rings. The third kappa shape index (κ3) is 5.23. The van der Waals surface area contributed by atoms with Crippen LogP contribution in [0.2, 0.25) is 0 Å². The molecule has 0 aliphatic carbocycles. The van der Waals surface area contributed by atoms with Crippen LogP contribution in [0.15, 0.2) is 5.16 Å². The van der Waals surface area contributed by atoms with Crippen molar-refractivity contribution in [2.24, 2.45) is 0 Å². The van der Waals surface area contributed by atoms with E-state index in [2.05, 4.69) is 10.1 Å². The Bertz CT molecular complexity index is 388. The van der Waals surface area contributed by atoms with Gasteiger partial charge in [-0.3, -0.25) is 5.10 Å². The van der Waals surface area contributed by atoms with Crippen molar-refractivity contribution >= 4 is 11.8 Å². The average molecular weight is 285 g/mol. The zero-order valence-electron chi connectivity index (χ0n) is 10.3. The first-order valence-electron chi connectivity index (χ1n) is 5.19.